The number of hydrogen-bond acceptors (Lipinski definition) is 6. The van der Waals surface area contributed by atoms with Crippen molar-refractivity contribution in [3.8, 4) is 16.3 Å². The summed E-state index contributed by atoms with van der Waals surface area (Å²) < 4.78 is 5.53. The Bertz CT molecular complexity index is 1020. The van der Waals surface area contributed by atoms with Crippen LogP contribution in [0.15, 0.2) is 48.1 Å². The van der Waals surface area contributed by atoms with Crippen LogP contribution in [0.1, 0.15) is 12.1 Å². The van der Waals surface area contributed by atoms with E-state index in [9.17, 15) is 9.59 Å². The molecule has 2 amide bonds. The maximum absolute atomic E-state index is 12.4. The molecule has 7 nitrogen and oxygen atoms in total. The van der Waals surface area contributed by atoms with Gasteiger partial charge in [0.1, 0.15) is 5.01 Å². The molecule has 1 aliphatic heterocycles. The lowest BCUT2D eigenvalue weighted by Crippen LogP contribution is -2.35. The first-order valence-corrected chi connectivity index (χ1v) is 9.67. The fraction of sp³-hybridized carbons (Fsp3) is 0.200. The van der Waals surface area contributed by atoms with Crippen LogP contribution in [0.5, 0.6) is 5.75 Å². The fourth-order valence-corrected chi connectivity index (χ4v) is 3.77. The molecule has 1 aromatic carbocycles. The van der Waals surface area contributed by atoms with E-state index in [-0.39, 0.29) is 18.4 Å². The topological polar surface area (TPSA) is 84.4 Å². The molecule has 3 heterocycles. The van der Waals surface area contributed by atoms with Gasteiger partial charge in [0.2, 0.25) is 5.91 Å². The number of amides is 2. The molecule has 0 atom stereocenters. The molecule has 1 aliphatic rings. The number of hydrogen-bond donors (Lipinski definition) is 1. The smallest absolute Gasteiger partial charge is 0.264 e. The maximum Gasteiger partial charge on any atom is 0.264 e. The monoisotopic (exact) mass is 394 g/mol. The number of aryl methyl sites for hydroxylation is 1. The average Bonchev–Trinajstić information content (AvgIpc) is 3.19. The predicted molar refractivity (Wildman–Crippen MR) is 108 cm³/mol. The van der Waals surface area contributed by atoms with Crippen molar-refractivity contribution in [3.63, 3.8) is 0 Å². The van der Waals surface area contributed by atoms with E-state index >= 15 is 0 Å². The van der Waals surface area contributed by atoms with Crippen LogP contribution in [0.2, 0.25) is 0 Å². The molecule has 0 saturated heterocycles. The molecule has 142 valence electrons. The van der Waals surface area contributed by atoms with E-state index in [1.807, 2.05) is 17.5 Å². The van der Waals surface area contributed by atoms with Crippen molar-refractivity contribution in [2.45, 2.75) is 12.8 Å². The van der Waals surface area contributed by atoms with Gasteiger partial charge in [-0.1, -0.05) is 6.07 Å². The Morgan fingerprint density at radius 1 is 1.29 bits per heavy atom. The minimum atomic E-state index is -0.130. The van der Waals surface area contributed by atoms with Crippen molar-refractivity contribution in [1.29, 1.82) is 0 Å². The van der Waals surface area contributed by atoms with Crippen LogP contribution in [-0.4, -0.2) is 35.4 Å². The molecule has 0 spiro atoms. The van der Waals surface area contributed by atoms with Gasteiger partial charge < -0.3 is 15.0 Å². The summed E-state index contributed by atoms with van der Waals surface area (Å²) >= 11 is 1.55. The van der Waals surface area contributed by atoms with Crippen LogP contribution >= 0.6 is 11.3 Å². The summed E-state index contributed by atoms with van der Waals surface area (Å²) in [5, 5.41) is 5.76. The highest BCUT2D eigenvalue weighted by atomic mass is 32.1. The molecule has 0 fully saturated rings. The molecule has 3 aromatic rings. The van der Waals surface area contributed by atoms with Gasteiger partial charge >= 0.3 is 0 Å². The maximum atomic E-state index is 12.4. The highest BCUT2D eigenvalue weighted by Crippen LogP contribution is 2.38. The summed E-state index contributed by atoms with van der Waals surface area (Å²) in [4.78, 5) is 34.3. The minimum Gasteiger partial charge on any atom is -0.479 e. The normalized spacial score (nSPS) is 13.0. The molecule has 0 bridgehead atoms. The summed E-state index contributed by atoms with van der Waals surface area (Å²) in [6, 6.07) is 9.17. The SMILES string of the molecule is CN1C(=O)COc2c(NC(=O)CCc3csc(-c4ccncc4)n3)cccc21. The minimum absolute atomic E-state index is 0.0347. The van der Waals surface area contributed by atoms with E-state index in [4.69, 9.17) is 4.74 Å². The Hall–Kier alpha value is -3.26. The van der Waals surface area contributed by atoms with Gasteiger partial charge in [-0.05, 0) is 30.7 Å². The number of para-hydroxylation sites is 1. The lowest BCUT2D eigenvalue weighted by atomic mass is 10.2. The number of fused-ring (bicyclic) bond motifs is 1. The number of rotatable bonds is 5. The molecule has 0 aliphatic carbocycles. The van der Waals surface area contributed by atoms with E-state index in [0.717, 1.165) is 16.3 Å². The molecule has 0 radical (unpaired) electrons. The first-order chi connectivity index (χ1) is 13.6. The third-order valence-corrected chi connectivity index (χ3v) is 5.37. The lowest BCUT2D eigenvalue weighted by Gasteiger charge is -2.27. The number of likely N-dealkylation sites (N-methyl/N-ethyl adjacent to an activating group) is 1. The number of pyridine rings is 1. The van der Waals surface area contributed by atoms with Crippen molar-refractivity contribution in [2.24, 2.45) is 0 Å². The average molecular weight is 394 g/mol. The number of nitrogens with one attached hydrogen (secondary N) is 1. The molecule has 2 aromatic heterocycles. The molecule has 28 heavy (non-hydrogen) atoms. The number of ether oxygens (including phenoxy) is 1. The summed E-state index contributed by atoms with van der Waals surface area (Å²) in [6.07, 6.45) is 4.31. The zero-order chi connectivity index (χ0) is 19.5. The third-order valence-electron chi connectivity index (χ3n) is 4.43. The molecular weight excluding hydrogens is 376 g/mol. The zero-order valence-corrected chi connectivity index (χ0v) is 16.0. The Kier molecular flexibility index (Phi) is 5.03. The molecule has 1 N–H and O–H groups in total. The summed E-state index contributed by atoms with van der Waals surface area (Å²) in [5.41, 5.74) is 3.11. The van der Waals surface area contributed by atoms with Gasteiger partial charge in [0.15, 0.2) is 12.4 Å². The van der Waals surface area contributed by atoms with Crippen molar-refractivity contribution >= 4 is 34.5 Å². The number of anilines is 2. The van der Waals surface area contributed by atoms with Crippen molar-refractivity contribution in [1.82, 2.24) is 9.97 Å². The largest absolute Gasteiger partial charge is 0.479 e. The lowest BCUT2D eigenvalue weighted by molar-refractivity contribution is -0.121. The molecule has 0 unspecified atom stereocenters. The van der Waals surface area contributed by atoms with Gasteiger partial charge in [-0.2, -0.15) is 0 Å². The predicted octanol–water partition coefficient (Wildman–Crippen LogP) is 3.13. The van der Waals surface area contributed by atoms with E-state index in [2.05, 4.69) is 15.3 Å². The summed E-state index contributed by atoms with van der Waals surface area (Å²) in [6.45, 7) is -0.0347. The molecule has 0 saturated carbocycles. The van der Waals surface area contributed by atoms with Gasteiger partial charge in [-0.25, -0.2) is 4.98 Å². The van der Waals surface area contributed by atoms with Crippen LogP contribution in [0.25, 0.3) is 10.6 Å². The molecule has 4 rings (SSSR count). The van der Waals surface area contributed by atoms with Gasteiger partial charge in [0.05, 0.1) is 17.1 Å². The number of carbonyl (C=O) groups excluding carboxylic acids is 2. The zero-order valence-electron chi connectivity index (χ0n) is 15.2. The van der Waals surface area contributed by atoms with Crippen LogP contribution < -0.4 is 15.0 Å². The number of nitrogens with zero attached hydrogens (tertiary/aromatic N) is 3. The van der Waals surface area contributed by atoms with Crippen molar-refractivity contribution in [3.05, 3.63) is 53.8 Å². The Labute approximate surface area is 166 Å². The molecular formula is C20H18N4O3S. The third kappa shape index (κ3) is 3.72. The first kappa shape index (κ1) is 18.1. The van der Waals surface area contributed by atoms with Crippen LogP contribution in [0.4, 0.5) is 11.4 Å². The van der Waals surface area contributed by atoms with Crippen molar-refractivity contribution < 1.29 is 14.3 Å². The van der Waals surface area contributed by atoms with Crippen LogP contribution in [0.3, 0.4) is 0 Å². The number of benzene rings is 1. The van der Waals surface area contributed by atoms with E-state index in [1.54, 1.807) is 49.0 Å². The standard InChI is InChI=1S/C20H18N4O3S/c1-24-16-4-2-3-15(19(16)27-11-18(24)26)23-17(25)6-5-14-12-28-20(22-14)13-7-9-21-10-8-13/h2-4,7-10,12H,5-6,11H2,1H3,(H,23,25). The number of thiazole rings is 1. The highest BCUT2D eigenvalue weighted by molar-refractivity contribution is 7.13. The molecule has 8 heteroatoms. The first-order valence-electron chi connectivity index (χ1n) is 8.79. The Morgan fingerprint density at radius 2 is 2.11 bits per heavy atom. The van der Waals surface area contributed by atoms with Gasteiger partial charge in [0.25, 0.3) is 5.91 Å². The Morgan fingerprint density at radius 3 is 2.93 bits per heavy atom. The Balaban J connectivity index is 1.40. The van der Waals surface area contributed by atoms with Crippen molar-refractivity contribution in [2.75, 3.05) is 23.9 Å². The second-order valence-electron chi connectivity index (χ2n) is 6.32. The van der Waals surface area contributed by atoms with Gasteiger partial charge in [-0.15, -0.1) is 11.3 Å². The second kappa shape index (κ2) is 7.77. The highest BCUT2D eigenvalue weighted by Gasteiger charge is 2.24. The van der Waals surface area contributed by atoms with Gasteiger partial charge in [0, 0.05) is 36.8 Å². The fourth-order valence-electron chi connectivity index (χ4n) is 2.91. The number of aromatic nitrogens is 2. The van der Waals surface area contributed by atoms with E-state index in [0.29, 0.717) is 30.0 Å². The van der Waals surface area contributed by atoms with Crippen LogP contribution in [0, 0.1) is 0 Å². The second-order valence-corrected chi connectivity index (χ2v) is 7.18. The summed E-state index contributed by atoms with van der Waals surface area (Å²) in [5.74, 6) is 0.270. The summed E-state index contributed by atoms with van der Waals surface area (Å²) in [7, 11) is 1.69. The van der Waals surface area contributed by atoms with Crippen LogP contribution in [-0.2, 0) is 16.0 Å². The van der Waals surface area contributed by atoms with E-state index in [1.165, 1.54) is 4.90 Å². The quantitative estimate of drug-likeness (QED) is 0.719. The number of carbonyl (C=O) groups is 2. The van der Waals surface area contributed by atoms with Gasteiger partial charge in [-0.3, -0.25) is 14.6 Å². The van der Waals surface area contributed by atoms with E-state index < -0.39 is 0 Å².